The molecule has 2 heterocycles. The molecule has 1 aromatic heterocycles. The van der Waals surface area contributed by atoms with Crippen molar-refractivity contribution in [1.29, 1.82) is 0 Å². The van der Waals surface area contributed by atoms with Crippen molar-refractivity contribution in [3.8, 4) is 0 Å². The van der Waals surface area contributed by atoms with Gasteiger partial charge >= 0.3 is 6.18 Å². The van der Waals surface area contributed by atoms with E-state index in [1.165, 1.54) is 18.9 Å². The summed E-state index contributed by atoms with van der Waals surface area (Å²) in [5.41, 5.74) is -2.19. The quantitative estimate of drug-likeness (QED) is 0.387. The highest BCUT2D eigenvalue weighted by Crippen LogP contribution is 2.51. The van der Waals surface area contributed by atoms with Crippen LogP contribution in [0.2, 0.25) is 5.02 Å². The smallest absolute Gasteiger partial charge is 0.357 e. The topological polar surface area (TPSA) is 45.2 Å². The van der Waals surface area contributed by atoms with Crippen LogP contribution in [0.1, 0.15) is 22.4 Å². The summed E-state index contributed by atoms with van der Waals surface area (Å²) in [6.45, 7) is 1.39. The molecule has 0 radical (unpaired) electrons. The molecule has 1 aliphatic heterocycles. The minimum absolute atomic E-state index is 0.0487. The highest BCUT2D eigenvalue weighted by atomic mass is 35.5. The number of nitrogens with one attached hydrogen (secondary N) is 1. The fourth-order valence-electron chi connectivity index (χ4n) is 4.25. The number of halogens is 6. The van der Waals surface area contributed by atoms with Crippen LogP contribution in [-0.4, -0.2) is 17.9 Å². The number of hydrogen-bond acceptors (Lipinski definition) is 3. The van der Waals surface area contributed by atoms with Crippen LogP contribution < -0.4 is 10.2 Å². The van der Waals surface area contributed by atoms with Gasteiger partial charge in [0.25, 0.3) is 5.91 Å². The number of aromatic nitrogens is 1. The molecule has 3 aromatic rings. The van der Waals surface area contributed by atoms with Gasteiger partial charge in [0.1, 0.15) is 17.5 Å². The monoisotopic (exact) mass is 481 g/mol. The molecule has 4 rings (SSSR count). The lowest BCUT2D eigenvalue weighted by Crippen LogP contribution is -2.53. The number of benzene rings is 2. The third-order valence-corrected chi connectivity index (χ3v) is 5.90. The van der Waals surface area contributed by atoms with Crippen molar-refractivity contribution in [3.63, 3.8) is 0 Å². The van der Waals surface area contributed by atoms with Gasteiger partial charge in [-0.05, 0) is 36.8 Å². The zero-order valence-electron chi connectivity index (χ0n) is 17.4. The second-order valence-electron chi connectivity index (χ2n) is 7.68. The molecule has 1 N–H and O–H groups in total. The number of aryl methyl sites for hydroxylation is 1. The maximum absolute atomic E-state index is 15.2. The maximum Gasteiger partial charge on any atom is 0.416 e. The fraction of sp³-hybridized carbons (Fsp3) is 0.217. The summed E-state index contributed by atoms with van der Waals surface area (Å²) in [6.07, 6.45) is -4.79. The number of pyridine rings is 1. The minimum atomic E-state index is -4.68. The second kappa shape index (κ2) is 7.98. The molecular weight excluding hydrogens is 465 g/mol. The molecule has 0 saturated carbocycles. The average Bonchev–Trinajstić information content (AvgIpc) is 3.10. The van der Waals surface area contributed by atoms with E-state index < -0.39 is 39.8 Å². The zero-order valence-corrected chi connectivity index (χ0v) is 18.2. The number of alkyl halides is 3. The predicted molar refractivity (Wildman–Crippen MR) is 113 cm³/mol. The SMILES string of the molecule is CNC(=O)C1(c2cc(Cl)c(F)cc2F)Cc2ccccc2N1c1cc(C(F)(F)F)cc(C)n1. The van der Waals surface area contributed by atoms with Crippen LogP contribution >= 0.6 is 11.6 Å². The molecule has 33 heavy (non-hydrogen) atoms. The van der Waals surface area contributed by atoms with Crippen molar-refractivity contribution < 1.29 is 26.7 Å². The predicted octanol–water partition coefficient (Wildman–Crippen LogP) is 5.68. The molecule has 0 saturated heterocycles. The van der Waals surface area contributed by atoms with E-state index in [9.17, 15) is 22.4 Å². The summed E-state index contributed by atoms with van der Waals surface area (Å²) in [6, 6.07) is 9.82. The van der Waals surface area contributed by atoms with E-state index in [0.717, 1.165) is 18.2 Å². The molecule has 0 spiro atoms. The number of rotatable bonds is 3. The van der Waals surface area contributed by atoms with Crippen LogP contribution in [0.25, 0.3) is 0 Å². The number of carbonyl (C=O) groups excluding carboxylic acids is 1. The van der Waals surface area contributed by atoms with Crippen molar-refractivity contribution in [2.75, 3.05) is 11.9 Å². The Bertz CT molecular complexity index is 1260. The average molecular weight is 482 g/mol. The molecule has 2 aromatic carbocycles. The normalized spacial score (nSPS) is 17.8. The van der Waals surface area contributed by atoms with Crippen molar-refractivity contribution in [1.82, 2.24) is 10.3 Å². The maximum atomic E-state index is 15.2. The molecule has 1 aliphatic rings. The first-order valence-electron chi connectivity index (χ1n) is 9.80. The molecule has 1 unspecified atom stereocenters. The van der Waals surface area contributed by atoms with E-state index in [1.807, 2.05) is 0 Å². The highest BCUT2D eigenvalue weighted by Gasteiger charge is 2.54. The fourth-order valence-corrected chi connectivity index (χ4v) is 4.42. The van der Waals surface area contributed by atoms with Gasteiger partial charge in [-0.2, -0.15) is 13.2 Å². The minimum Gasteiger partial charge on any atom is -0.357 e. The van der Waals surface area contributed by atoms with E-state index in [4.69, 9.17) is 11.6 Å². The van der Waals surface area contributed by atoms with E-state index >= 15 is 4.39 Å². The molecule has 10 heteroatoms. The second-order valence-corrected chi connectivity index (χ2v) is 8.09. The van der Waals surface area contributed by atoms with E-state index in [-0.39, 0.29) is 23.5 Å². The third-order valence-electron chi connectivity index (χ3n) is 5.62. The van der Waals surface area contributed by atoms with Gasteiger partial charge in [0.2, 0.25) is 0 Å². The summed E-state index contributed by atoms with van der Waals surface area (Å²) in [4.78, 5) is 18.9. The number of likely N-dealkylation sites (N-methyl/N-ethyl adjacent to an activating group) is 1. The molecule has 0 bridgehead atoms. The van der Waals surface area contributed by atoms with Crippen molar-refractivity contribution >= 4 is 29.0 Å². The molecule has 0 fully saturated rings. The number of amides is 1. The molecule has 4 nitrogen and oxygen atoms in total. The van der Waals surface area contributed by atoms with Crippen molar-refractivity contribution in [2.45, 2.75) is 25.1 Å². The van der Waals surface area contributed by atoms with Crippen LogP contribution in [0, 0.1) is 18.6 Å². The van der Waals surface area contributed by atoms with Gasteiger partial charge in [-0.1, -0.05) is 29.8 Å². The first kappa shape index (κ1) is 23.0. The van der Waals surface area contributed by atoms with Crippen LogP contribution in [-0.2, 0) is 22.9 Å². The highest BCUT2D eigenvalue weighted by molar-refractivity contribution is 6.30. The standard InChI is InChI=1S/C23H17ClF5N3O/c1-12-7-14(23(27,28)29)8-20(31-12)32-19-6-4-3-5-13(19)11-22(32,21(33)30-2)15-9-16(24)18(26)10-17(15)25/h3-10H,11H2,1-2H3,(H,30,33). The van der Waals surface area contributed by atoms with Gasteiger partial charge < -0.3 is 10.2 Å². The molecule has 172 valence electrons. The summed E-state index contributed by atoms with van der Waals surface area (Å²) in [7, 11) is 1.32. The lowest BCUT2D eigenvalue weighted by molar-refractivity contribution is -0.137. The van der Waals surface area contributed by atoms with Gasteiger partial charge in [-0.3, -0.25) is 4.79 Å². The Kier molecular flexibility index (Phi) is 5.56. The van der Waals surface area contributed by atoms with Crippen molar-refractivity contribution in [3.05, 3.63) is 87.6 Å². The lowest BCUT2D eigenvalue weighted by Gasteiger charge is -2.39. The number of nitrogens with zero attached hydrogens (tertiary/aromatic N) is 2. The van der Waals surface area contributed by atoms with Crippen LogP contribution in [0.3, 0.4) is 0 Å². The third kappa shape index (κ3) is 3.70. The number of para-hydroxylation sites is 1. The Morgan fingerprint density at radius 1 is 1.12 bits per heavy atom. The van der Waals surface area contributed by atoms with E-state index in [1.54, 1.807) is 24.3 Å². The van der Waals surface area contributed by atoms with Crippen LogP contribution in [0.15, 0.2) is 48.5 Å². The summed E-state index contributed by atoms with van der Waals surface area (Å²) in [5, 5.41) is 2.04. The molecule has 0 aliphatic carbocycles. The Morgan fingerprint density at radius 3 is 2.48 bits per heavy atom. The first-order valence-corrected chi connectivity index (χ1v) is 10.2. The molecule has 1 atom stereocenters. The van der Waals surface area contributed by atoms with E-state index in [0.29, 0.717) is 17.3 Å². The number of fused-ring (bicyclic) bond motifs is 1. The Labute approximate surface area is 191 Å². The summed E-state index contributed by atoms with van der Waals surface area (Å²) < 4.78 is 69.9. The number of carbonyl (C=O) groups is 1. The van der Waals surface area contributed by atoms with Crippen LogP contribution in [0.4, 0.5) is 33.5 Å². The number of anilines is 2. The van der Waals surface area contributed by atoms with Gasteiger partial charge in [0, 0.05) is 36.5 Å². The first-order chi connectivity index (χ1) is 15.5. The summed E-state index contributed by atoms with van der Waals surface area (Å²) in [5.74, 6) is -3.03. The van der Waals surface area contributed by atoms with Gasteiger partial charge in [-0.25, -0.2) is 13.8 Å². The lowest BCUT2D eigenvalue weighted by atomic mass is 9.84. The number of hydrogen-bond donors (Lipinski definition) is 1. The van der Waals surface area contributed by atoms with Gasteiger partial charge in [0.15, 0.2) is 5.54 Å². The Hall–Kier alpha value is -3.20. The van der Waals surface area contributed by atoms with E-state index in [2.05, 4.69) is 10.3 Å². The Balaban J connectivity index is 2.09. The molecule has 1 amide bonds. The summed E-state index contributed by atoms with van der Waals surface area (Å²) >= 11 is 5.93. The van der Waals surface area contributed by atoms with Gasteiger partial charge in [-0.15, -0.1) is 0 Å². The van der Waals surface area contributed by atoms with Crippen LogP contribution in [0.5, 0.6) is 0 Å². The molecular formula is C23H17ClF5N3O. The zero-order chi connectivity index (χ0) is 24.1. The van der Waals surface area contributed by atoms with Gasteiger partial charge in [0.05, 0.1) is 10.6 Å². The van der Waals surface area contributed by atoms with Crippen molar-refractivity contribution in [2.24, 2.45) is 0 Å². The largest absolute Gasteiger partial charge is 0.416 e. The Morgan fingerprint density at radius 2 is 1.82 bits per heavy atom.